The standard InChI is InChI=1S/C19H18ClNO4/c1-12-9-15(17(23-2)11-14(12)20)21-19(22)6-4-13-3-5-16-18(10-13)25-8-7-24-16/h3-6,9-11H,7-8H2,1-2H3,(H,21,22)/b6-4+. The molecule has 2 aromatic rings. The number of carbonyl (C=O) groups is 1. The first-order valence-electron chi connectivity index (χ1n) is 7.79. The average molecular weight is 360 g/mol. The summed E-state index contributed by atoms with van der Waals surface area (Å²) < 4.78 is 16.3. The molecule has 5 nitrogen and oxygen atoms in total. The molecule has 2 aromatic carbocycles. The van der Waals surface area contributed by atoms with Crippen LogP contribution in [0, 0.1) is 6.92 Å². The van der Waals surface area contributed by atoms with Crippen molar-refractivity contribution < 1.29 is 19.0 Å². The van der Waals surface area contributed by atoms with Gasteiger partial charge in [0.05, 0.1) is 12.8 Å². The largest absolute Gasteiger partial charge is 0.495 e. The molecular formula is C19H18ClNO4. The van der Waals surface area contributed by atoms with E-state index in [4.69, 9.17) is 25.8 Å². The van der Waals surface area contributed by atoms with Gasteiger partial charge in [-0.05, 0) is 42.3 Å². The average Bonchev–Trinajstić information content (AvgIpc) is 2.62. The fraction of sp³-hybridized carbons (Fsp3) is 0.211. The van der Waals surface area contributed by atoms with Crippen molar-refractivity contribution >= 4 is 29.3 Å². The first-order valence-corrected chi connectivity index (χ1v) is 8.17. The number of aryl methyl sites for hydroxylation is 1. The van der Waals surface area contributed by atoms with Crippen LogP contribution >= 0.6 is 11.6 Å². The van der Waals surface area contributed by atoms with E-state index >= 15 is 0 Å². The van der Waals surface area contributed by atoms with Crippen LogP contribution in [-0.4, -0.2) is 26.2 Å². The molecule has 1 heterocycles. The monoisotopic (exact) mass is 359 g/mol. The molecule has 1 amide bonds. The Labute approximate surface area is 151 Å². The second-order valence-electron chi connectivity index (χ2n) is 5.53. The third-order valence-corrected chi connectivity index (χ3v) is 4.14. The zero-order valence-corrected chi connectivity index (χ0v) is 14.7. The summed E-state index contributed by atoms with van der Waals surface area (Å²) in [5, 5.41) is 3.38. The van der Waals surface area contributed by atoms with Crippen LogP contribution in [0.4, 0.5) is 5.69 Å². The fourth-order valence-electron chi connectivity index (χ4n) is 2.44. The highest BCUT2D eigenvalue weighted by Crippen LogP contribution is 2.32. The van der Waals surface area contributed by atoms with Crippen LogP contribution in [0.5, 0.6) is 17.2 Å². The first-order chi connectivity index (χ1) is 12.1. The van der Waals surface area contributed by atoms with Crippen LogP contribution in [0.2, 0.25) is 5.02 Å². The predicted molar refractivity (Wildman–Crippen MR) is 97.8 cm³/mol. The molecule has 0 radical (unpaired) electrons. The number of carbonyl (C=O) groups excluding carboxylic acids is 1. The maximum atomic E-state index is 12.2. The summed E-state index contributed by atoms with van der Waals surface area (Å²) in [5.41, 5.74) is 2.27. The Hall–Kier alpha value is -2.66. The Morgan fingerprint density at radius 1 is 1.20 bits per heavy atom. The Balaban J connectivity index is 1.72. The second kappa shape index (κ2) is 7.49. The summed E-state index contributed by atoms with van der Waals surface area (Å²) in [6.45, 7) is 2.94. The lowest BCUT2D eigenvalue weighted by Crippen LogP contribution is -2.15. The van der Waals surface area contributed by atoms with E-state index in [0.29, 0.717) is 41.2 Å². The lowest BCUT2D eigenvalue weighted by atomic mass is 10.1. The first kappa shape index (κ1) is 17.2. The number of ether oxygens (including phenoxy) is 3. The maximum Gasteiger partial charge on any atom is 0.248 e. The van der Waals surface area contributed by atoms with Crippen LogP contribution in [0.25, 0.3) is 6.08 Å². The van der Waals surface area contributed by atoms with E-state index in [1.807, 2.05) is 25.1 Å². The zero-order valence-electron chi connectivity index (χ0n) is 14.0. The quantitative estimate of drug-likeness (QED) is 0.836. The van der Waals surface area contributed by atoms with Crippen molar-refractivity contribution in [1.82, 2.24) is 0 Å². The molecule has 1 aliphatic heterocycles. The van der Waals surface area contributed by atoms with E-state index in [-0.39, 0.29) is 5.91 Å². The van der Waals surface area contributed by atoms with Crippen molar-refractivity contribution in [3.8, 4) is 17.2 Å². The predicted octanol–water partition coefficient (Wildman–Crippen LogP) is 4.08. The van der Waals surface area contributed by atoms with Crippen LogP contribution in [0.15, 0.2) is 36.4 Å². The van der Waals surface area contributed by atoms with Gasteiger partial charge in [-0.25, -0.2) is 0 Å². The smallest absolute Gasteiger partial charge is 0.248 e. The number of hydrogen-bond donors (Lipinski definition) is 1. The van der Waals surface area contributed by atoms with Crippen LogP contribution in [0.1, 0.15) is 11.1 Å². The number of nitrogens with one attached hydrogen (secondary N) is 1. The van der Waals surface area contributed by atoms with E-state index in [0.717, 1.165) is 11.1 Å². The molecular weight excluding hydrogens is 342 g/mol. The van der Waals surface area contributed by atoms with Gasteiger partial charge >= 0.3 is 0 Å². The highest BCUT2D eigenvalue weighted by Gasteiger charge is 2.11. The number of fused-ring (bicyclic) bond motifs is 1. The molecule has 0 bridgehead atoms. The molecule has 0 saturated carbocycles. The van der Waals surface area contributed by atoms with Crippen molar-refractivity contribution in [2.24, 2.45) is 0 Å². The second-order valence-corrected chi connectivity index (χ2v) is 5.93. The van der Waals surface area contributed by atoms with Gasteiger partial charge in [-0.2, -0.15) is 0 Å². The van der Waals surface area contributed by atoms with Gasteiger partial charge in [-0.1, -0.05) is 17.7 Å². The van der Waals surface area contributed by atoms with Crippen molar-refractivity contribution in [3.63, 3.8) is 0 Å². The maximum absolute atomic E-state index is 12.2. The third-order valence-electron chi connectivity index (χ3n) is 3.73. The van der Waals surface area contributed by atoms with E-state index < -0.39 is 0 Å². The molecule has 3 rings (SSSR count). The number of methoxy groups -OCH3 is 1. The molecule has 0 unspecified atom stereocenters. The SMILES string of the molecule is COc1cc(Cl)c(C)cc1NC(=O)/C=C/c1ccc2c(c1)OCCO2. The van der Waals surface area contributed by atoms with Crippen LogP contribution in [-0.2, 0) is 4.79 Å². The van der Waals surface area contributed by atoms with Gasteiger partial charge in [0.15, 0.2) is 11.5 Å². The third kappa shape index (κ3) is 4.06. The fourth-order valence-corrected chi connectivity index (χ4v) is 2.59. The molecule has 0 fully saturated rings. The number of anilines is 1. The molecule has 0 aromatic heterocycles. The number of amides is 1. The van der Waals surface area contributed by atoms with Gasteiger partial charge in [0.2, 0.25) is 5.91 Å². The van der Waals surface area contributed by atoms with E-state index in [2.05, 4.69) is 5.32 Å². The Kier molecular flexibility index (Phi) is 5.14. The van der Waals surface area contributed by atoms with Gasteiger partial charge in [-0.15, -0.1) is 0 Å². The van der Waals surface area contributed by atoms with Crippen molar-refractivity contribution in [1.29, 1.82) is 0 Å². The number of hydrogen-bond acceptors (Lipinski definition) is 4. The summed E-state index contributed by atoms with van der Waals surface area (Å²) in [5.74, 6) is 1.64. The molecule has 0 atom stereocenters. The lowest BCUT2D eigenvalue weighted by Gasteiger charge is -2.18. The van der Waals surface area contributed by atoms with E-state index in [1.165, 1.54) is 13.2 Å². The molecule has 0 saturated heterocycles. The number of rotatable bonds is 4. The van der Waals surface area contributed by atoms with E-state index in [9.17, 15) is 4.79 Å². The van der Waals surface area contributed by atoms with Crippen LogP contribution in [0.3, 0.4) is 0 Å². The normalized spacial score (nSPS) is 12.9. The zero-order chi connectivity index (χ0) is 17.8. The summed E-state index contributed by atoms with van der Waals surface area (Å²) in [4.78, 5) is 12.2. The Morgan fingerprint density at radius 2 is 1.96 bits per heavy atom. The number of benzene rings is 2. The summed E-state index contributed by atoms with van der Waals surface area (Å²) in [6, 6.07) is 8.99. The Morgan fingerprint density at radius 3 is 2.72 bits per heavy atom. The summed E-state index contributed by atoms with van der Waals surface area (Å²) in [7, 11) is 1.53. The summed E-state index contributed by atoms with van der Waals surface area (Å²) >= 11 is 6.07. The van der Waals surface area contributed by atoms with Crippen molar-refractivity contribution in [2.45, 2.75) is 6.92 Å². The van der Waals surface area contributed by atoms with Crippen LogP contribution < -0.4 is 19.5 Å². The van der Waals surface area contributed by atoms with E-state index in [1.54, 1.807) is 18.2 Å². The summed E-state index contributed by atoms with van der Waals surface area (Å²) in [6.07, 6.45) is 3.16. The minimum absolute atomic E-state index is 0.269. The minimum Gasteiger partial charge on any atom is -0.495 e. The van der Waals surface area contributed by atoms with Gasteiger partial charge in [0.25, 0.3) is 0 Å². The lowest BCUT2D eigenvalue weighted by molar-refractivity contribution is -0.111. The topological polar surface area (TPSA) is 56.8 Å². The van der Waals surface area contributed by atoms with Crippen molar-refractivity contribution in [3.05, 3.63) is 52.6 Å². The molecule has 25 heavy (non-hydrogen) atoms. The minimum atomic E-state index is -0.269. The molecule has 130 valence electrons. The van der Waals surface area contributed by atoms with Gasteiger partial charge < -0.3 is 19.5 Å². The van der Waals surface area contributed by atoms with Gasteiger partial charge in [-0.3, -0.25) is 4.79 Å². The molecule has 1 N–H and O–H groups in total. The van der Waals surface area contributed by atoms with Gasteiger partial charge in [0.1, 0.15) is 19.0 Å². The van der Waals surface area contributed by atoms with Gasteiger partial charge in [0, 0.05) is 17.2 Å². The molecule has 0 spiro atoms. The number of halogens is 1. The molecule has 1 aliphatic rings. The highest BCUT2D eigenvalue weighted by atomic mass is 35.5. The highest BCUT2D eigenvalue weighted by molar-refractivity contribution is 6.31. The van der Waals surface area contributed by atoms with Crippen molar-refractivity contribution in [2.75, 3.05) is 25.6 Å². The molecule has 6 heteroatoms. The Bertz CT molecular complexity index is 832. The molecule has 0 aliphatic carbocycles.